The summed E-state index contributed by atoms with van der Waals surface area (Å²) in [5.74, 6) is -2.96. The molecule has 2 aliphatic rings. The molecule has 2 aliphatic heterocycles. The van der Waals surface area contributed by atoms with Crippen molar-refractivity contribution in [1.29, 1.82) is 0 Å². The van der Waals surface area contributed by atoms with Gasteiger partial charge in [-0.2, -0.15) is 0 Å². The van der Waals surface area contributed by atoms with Crippen molar-refractivity contribution < 1.29 is 79.2 Å². The van der Waals surface area contributed by atoms with Gasteiger partial charge >= 0.3 is 0 Å². The molecule has 17 heteroatoms. The van der Waals surface area contributed by atoms with Gasteiger partial charge in [0, 0.05) is 11.6 Å². The summed E-state index contributed by atoms with van der Waals surface area (Å²) in [6.07, 6.45) is -17.2. The number of hydrogen-bond donors (Lipinski definition) is 10. The average Bonchev–Trinajstić information content (AvgIpc) is 3.02. The average molecular weight is 641 g/mol. The molecule has 17 nitrogen and oxygen atoms in total. The van der Waals surface area contributed by atoms with E-state index in [9.17, 15) is 55.9 Å². The Balaban J connectivity index is 1.41. The second kappa shape index (κ2) is 12.9. The second-order valence-electron chi connectivity index (χ2n) is 10.5. The van der Waals surface area contributed by atoms with Gasteiger partial charge in [-0.15, -0.1) is 0 Å². The van der Waals surface area contributed by atoms with Crippen molar-refractivity contribution in [2.24, 2.45) is 0 Å². The minimum atomic E-state index is -1.97. The van der Waals surface area contributed by atoms with Crippen molar-refractivity contribution in [3.8, 4) is 40.1 Å². The zero-order valence-corrected chi connectivity index (χ0v) is 23.4. The maximum absolute atomic E-state index is 13.4. The first-order valence-corrected chi connectivity index (χ1v) is 13.5. The van der Waals surface area contributed by atoms with Gasteiger partial charge < -0.3 is 79.2 Å². The highest BCUT2D eigenvalue weighted by molar-refractivity contribution is 5.91. The number of benzene rings is 2. The zero-order valence-electron chi connectivity index (χ0n) is 23.4. The van der Waals surface area contributed by atoms with E-state index in [-0.39, 0.29) is 22.8 Å². The normalized spacial score (nSPS) is 32.0. The molecule has 5 rings (SSSR count). The Bertz CT molecular complexity index is 1560. The number of fused-ring (bicyclic) bond motifs is 1. The molecule has 0 aliphatic carbocycles. The molecule has 10 unspecified atom stereocenters. The molecule has 1 aromatic heterocycles. The van der Waals surface area contributed by atoms with Crippen LogP contribution >= 0.6 is 0 Å². The first-order valence-electron chi connectivity index (χ1n) is 13.5. The molecule has 3 heterocycles. The molecule has 2 fully saturated rings. The third-order valence-electron chi connectivity index (χ3n) is 7.56. The van der Waals surface area contributed by atoms with Crippen LogP contribution in [0.15, 0.2) is 39.5 Å². The minimum absolute atomic E-state index is 0.0506. The first-order chi connectivity index (χ1) is 21.4. The summed E-state index contributed by atoms with van der Waals surface area (Å²) in [6.45, 7) is -1.39. The van der Waals surface area contributed by atoms with E-state index in [1.54, 1.807) is 0 Å². The van der Waals surface area contributed by atoms with E-state index in [1.807, 2.05) is 0 Å². The van der Waals surface area contributed by atoms with Crippen LogP contribution in [0.25, 0.3) is 22.3 Å². The van der Waals surface area contributed by atoms with Crippen LogP contribution in [0.1, 0.15) is 0 Å². The standard InChI is InChI=1S/C28H32O17/c1-40-26-19(35)15-12(42-24(26)9-2-4-10(30)5-3-9)6-11(31)25(18(15)34)45-28-23(39)21(37)17(33)14(44-28)8-41-27-22(38)20(36)16(32)13(7-29)43-27/h2-6,13-14,16-17,20-23,27-34,36-39H,7-8H2,1H3. The lowest BCUT2D eigenvalue weighted by Crippen LogP contribution is -2.62. The Hall–Kier alpha value is -3.75. The Kier molecular flexibility index (Phi) is 9.38. The van der Waals surface area contributed by atoms with Gasteiger partial charge in [0.15, 0.2) is 23.5 Å². The van der Waals surface area contributed by atoms with E-state index in [4.69, 9.17) is 28.1 Å². The summed E-state index contributed by atoms with van der Waals surface area (Å²) in [6, 6.07) is 6.51. The van der Waals surface area contributed by atoms with Crippen molar-refractivity contribution in [3.05, 3.63) is 40.6 Å². The van der Waals surface area contributed by atoms with Crippen LogP contribution in [-0.4, -0.2) is 133 Å². The lowest BCUT2D eigenvalue weighted by Gasteiger charge is -2.42. The predicted molar refractivity (Wildman–Crippen MR) is 146 cm³/mol. The van der Waals surface area contributed by atoms with Crippen molar-refractivity contribution >= 4 is 11.0 Å². The number of phenolic OH excluding ortho intramolecular Hbond substituents is 3. The van der Waals surface area contributed by atoms with Crippen LogP contribution in [0.4, 0.5) is 0 Å². The van der Waals surface area contributed by atoms with Crippen molar-refractivity contribution in [1.82, 2.24) is 0 Å². The fourth-order valence-corrected chi connectivity index (χ4v) is 5.05. The fraction of sp³-hybridized carbons (Fsp3) is 0.464. The fourth-order valence-electron chi connectivity index (χ4n) is 5.05. The van der Waals surface area contributed by atoms with E-state index in [1.165, 1.54) is 31.4 Å². The molecule has 2 saturated heterocycles. The highest BCUT2D eigenvalue weighted by Gasteiger charge is 2.48. The maximum Gasteiger partial charge on any atom is 0.239 e. The minimum Gasteiger partial charge on any atom is -0.508 e. The Labute approximate surface area is 252 Å². The van der Waals surface area contributed by atoms with Crippen molar-refractivity contribution in [2.75, 3.05) is 20.3 Å². The molecule has 3 aromatic rings. The molecule has 0 radical (unpaired) electrons. The smallest absolute Gasteiger partial charge is 0.239 e. The second-order valence-corrected chi connectivity index (χ2v) is 10.5. The molecule has 10 N–H and O–H groups in total. The molecule has 0 spiro atoms. The number of ether oxygens (including phenoxy) is 5. The summed E-state index contributed by atoms with van der Waals surface area (Å²) in [7, 11) is 1.18. The lowest BCUT2D eigenvalue weighted by molar-refractivity contribution is -0.323. The molecular formula is C28H32O17. The zero-order chi connectivity index (χ0) is 32.7. The predicted octanol–water partition coefficient (Wildman–Crippen LogP) is -2.41. The van der Waals surface area contributed by atoms with E-state index in [0.717, 1.165) is 6.07 Å². The van der Waals surface area contributed by atoms with E-state index >= 15 is 0 Å². The van der Waals surface area contributed by atoms with Crippen LogP contribution in [0.5, 0.6) is 28.7 Å². The number of rotatable bonds is 8. The number of hydrogen-bond acceptors (Lipinski definition) is 17. The monoisotopic (exact) mass is 640 g/mol. The van der Waals surface area contributed by atoms with Gasteiger partial charge in [-0.3, -0.25) is 4.79 Å². The van der Waals surface area contributed by atoms with Gasteiger partial charge in [0.25, 0.3) is 0 Å². The van der Waals surface area contributed by atoms with Crippen LogP contribution in [-0.2, 0) is 14.2 Å². The number of methoxy groups -OCH3 is 1. The molecule has 10 atom stereocenters. The van der Waals surface area contributed by atoms with E-state index in [0.29, 0.717) is 5.56 Å². The molecular weight excluding hydrogens is 608 g/mol. The number of aliphatic hydroxyl groups is 7. The third kappa shape index (κ3) is 5.98. The Morgan fingerprint density at radius 1 is 0.778 bits per heavy atom. The van der Waals surface area contributed by atoms with Crippen LogP contribution in [0.3, 0.4) is 0 Å². The largest absolute Gasteiger partial charge is 0.508 e. The maximum atomic E-state index is 13.4. The SMILES string of the molecule is COc1c(-c2ccc(O)cc2)oc2cc(O)c(OC3OC(COC4OC(CO)C(O)C(O)C4O)C(O)C(O)C3O)c(O)c2c1=O. The highest BCUT2D eigenvalue weighted by atomic mass is 16.7. The molecule has 45 heavy (non-hydrogen) atoms. The summed E-state index contributed by atoms with van der Waals surface area (Å²) >= 11 is 0. The van der Waals surface area contributed by atoms with Gasteiger partial charge in [0.05, 0.1) is 20.3 Å². The molecule has 0 saturated carbocycles. The van der Waals surface area contributed by atoms with Gasteiger partial charge in [-0.1, -0.05) is 0 Å². The summed E-state index contributed by atoms with van der Waals surface area (Å²) in [5, 5.41) is 102. The summed E-state index contributed by atoms with van der Waals surface area (Å²) < 4.78 is 32.6. The first kappa shape index (κ1) is 32.6. The molecule has 246 valence electrons. The van der Waals surface area contributed by atoms with Gasteiger partial charge in [0.1, 0.15) is 65.6 Å². The van der Waals surface area contributed by atoms with Gasteiger partial charge in [-0.25, -0.2) is 0 Å². The number of phenols is 3. The van der Waals surface area contributed by atoms with Crippen LogP contribution in [0.2, 0.25) is 0 Å². The van der Waals surface area contributed by atoms with Gasteiger partial charge in [0.2, 0.25) is 23.2 Å². The number of aromatic hydroxyl groups is 3. The molecule has 2 aromatic carbocycles. The molecule has 0 amide bonds. The quantitative estimate of drug-likeness (QED) is 0.123. The number of aliphatic hydroxyl groups excluding tert-OH is 7. The summed E-state index contributed by atoms with van der Waals surface area (Å²) in [4.78, 5) is 13.4. The van der Waals surface area contributed by atoms with Gasteiger partial charge in [-0.05, 0) is 24.3 Å². The molecule has 0 bridgehead atoms. The van der Waals surface area contributed by atoms with E-state index < -0.39 is 103 Å². The topological polar surface area (TPSA) is 279 Å². The van der Waals surface area contributed by atoms with E-state index in [2.05, 4.69) is 0 Å². The Morgan fingerprint density at radius 2 is 1.38 bits per heavy atom. The highest BCUT2D eigenvalue weighted by Crippen LogP contribution is 2.44. The lowest BCUT2D eigenvalue weighted by atomic mass is 9.98. The third-order valence-corrected chi connectivity index (χ3v) is 7.56. The Morgan fingerprint density at radius 3 is 2.00 bits per heavy atom. The van der Waals surface area contributed by atoms with Crippen molar-refractivity contribution in [2.45, 2.75) is 61.4 Å². The van der Waals surface area contributed by atoms with Crippen LogP contribution in [0, 0.1) is 0 Å². The summed E-state index contributed by atoms with van der Waals surface area (Å²) in [5.41, 5.74) is -0.848. The van der Waals surface area contributed by atoms with Crippen LogP contribution < -0.4 is 14.9 Å². The van der Waals surface area contributed by atoms with Crippen molar-refractivity contribution in [3.63, 3.8) is 0 Å².